The Bertz CT molecular complexity index is 506. The van der Waals surface area contributed by atoms with Crippen LogP contribution in [0.2, 0.25) is 0 Å². The van der Waals surface area contributed by atoms with E-state index < -0.39 is 0 Å². The van der Waals surface area contributed by atoms with Gasteiger partial charge < -0.3 is 20.1 Å². The lowest BCUT2D eigenvalue weighted by Crippen LogP contribution is -2.38. The average Bonchev–Trinajstić information content (AvgIpc) is 2.61. The lowest BCUT2D eigenvalue weighted by molar-refractivity contribution is 0.146. The smallest absolute Gasteiger partial charge is 0.191 e. The summed E-state index contributed by atoms with van der Waals surface area (Å²) < 4.78 is 10.7. The molecule has 0 aliphatic rings. The summed E-state index contributed by atoms with van der Waals surface area (Å²) in [6, 6.07) is 8.00. The normalized spacial score (nSPS) is 11.0. The van der Waals surface area contributed by atoms with Crippen LogP contribution in [0, 0.1) is 12.3 Å². The van der Waals surface area contributed by atoms with Crippen molar-refractivity contribution in [1.82, 2.24) is 10.6 Å². The molecule has 1 rings (SSSR count). The molecule has 0 aliphatic carbocycles. The molecule has 0 spiro atoms. The maximum Gasteiger partial charge on any atom is 0.191 e. The van der Waals surface area contributed by atoms with Crippen molar-refractivity contribution in [3.8, 4) is 18.1 Å². The Morgan fingerprint density at radius 1 is 1.21 bits per heavy atom. The van der Waals surface area contributed by atoms with Crippen LogP contribution in [-0.4, -0.2) is 45.4 Å². The first kappa shape index (κ1) is 19.9. The summed E-state index contributed by atoms with van der Waals surface area (Å²) in [5.41, 5.74) is 1.24. The number of hydrogen-bond acceptors (Lipinski definition) is 3. The van der Waals surface area contributed by atoms with Gasteiger partial charge in [-0.2, -0.15) is 0 Å². The van der Waals surface area contributed by atoms with Crippen LogP contribution in [0.4, 0.5) is 0 Å². The van der Waals surface area contributed by atoms with E-state index in [2.05, 4.69) is 40.6 Å². The van der Waals surface area contributed by atoms with Gasteiger partial charge in [0, 0.05) is 32.8 Å². The quantitative estimate of drug-likeness (QED) is 0.283. The maximum atomic E-state index is 5.37. The number of nitrogens with one attached hydrogen (secondary N) is 2. The third-order valence-corrected chi connectivity index (χ3v) is 3.22. The van der Waals surface area contributed by atoms with E-state index in [4.69, 9.17) is 15.9 Å². The van der Waals surface area contributed by atoms with Crippen molar-refractivity contribution >= 4 is 5.96 Å². The van der Waals surface area contributed by atoms with Crippen LogP contribution in [-0.2, 0) is 11.2 Å². The standard InChI is InChI=1S/C19H29N3O2/c1-4-15-24-18-10-8-17(9-11-18)12-14-22-19(20-5-2)21-13-7-16-23-6-3/h1,8-11H,5-7,12-16H2,2-3H3,(H2,20,21,22). The van der Waals surface area contributed by atoms with Crippen molar-refractivity contribution < 1.29 is 9.47 Å². The second-order valence-corrected chi connectivity index (χ2v) is 5.12. The van der Waals surface area contributed by atoms with E-state index >= 15 is 0 Å². The summed E-state index contributed by atoms with van der Waals surface area (Å²) in [5, 5.41) is 6.60. The molecular weight excluding hydrogens is 302 g/mol. The molecule has 0 saturated carbocycles. The topological polar surface area (TPSA) is 54.9 Å². The molecule has 0 saturated heterocycles. The minimum absolute atomic E-state index is 0.298. The zero-order valence-electron chi connectivity index (χ0n) is 14.8. The van der Waals surface area contributed by atoms with Crippen LogP contribution in [0.15, 0.2) is 29.3 Å². The molecule has 0 radical (unpaired) electrons. The molecule has 0 fully saturated rings. The van der Waals surface area contributed by atoms with Crippen LogP contribution in [0.5, 0.6) is 5.75 Å². The molecule has 0 amide bonds. The highest BCUT2D eigenvalue weighted by molar-refractivity contribution is 5.79. The Hall–Kier alpha value is -2.19. The molecule has 1 aromatic carbocycles. The van der Waals surface area contributed by atoms with Gasteiger partial charge in [-0.1, -0.05) is 18.1 Å². The van der Waals surface area contributed by atoms with E-state index in [1.807, 2.05) is 19.1 Å². The minimum Gasteiger partial charge on any atom is -0.481 e. The van der Waals surface area contributed by atoms with Gasteiger partial charge in [0.15, 0.2) is 5.96 Å². The van der Waals surface area contributed by atoms with Crippen molar-refractivity contribution in [3.63, 3.8) is 0 Å². The summed E-state index contributed by atoms with van der Waals surface area (Å²) in [6.07, 6.45) is 7.03. The monoisotopic (exact) mass is 331 g/mol. The van der Waals surface area contributed by atoms with Gasteiger partial charge in [-0.25, -0.2) is 0 Å². The summed E-state index contributed by atoms with van der Waals surface area (Å²) in [6.45, 7) is 8.31. The van der Waals surface area contributed by atoms with Crippen molar-refractivity contribution in [3.05, 3.63) is 29.8 Å². The number of ether oxygens (including phenoxy) is 2. The van der Waals surface area contributed by atoms with Crippen molar-refractivity contribution in [2.75, 3.05) is 39.5 Å². The third kappa shape index (κ3) is 9.06. The largest absolute Gasteiger partial charge is 0.481 e. The fourth-order valence-corrected chi connectivity index (χ4v) is 2.05. The highest BCUT2D eigenvalue weighted by Crippen LogP contribution is 2.12. The molecule has 132 valence electrons. The van der Waals surface area contributed by atoms with Crippen LogP contribution < -0.4 is 15.4 Å². The highest BCUT2D eigenvalue weighted by atomic mass is 16.5. The lowest BCUT2D eigenvalue weighted by atomic mass is 10.1. The Morgan fingerprint density at radius 2 is 2.00 bits per heavy atom. The summed E-state index contributed by atoms with van der Waals surface area (Å²) in [5.74, 6) is 4.11. The van der Waals surface area contributed by atoms with Gasteiger partial charge in [0.05, 0.1) is 0 Å². The second-order valence-electron chi connectivity index (χ2n) is 5.12. The van der Waals surface area contributed by atoms with Crippen LogP contribution >= 0.6 is 0 Å². The Balaban J connectivity index is 2.33. The predicted octanol–water partition coefficient (Wildman–Crippen LogP) is 2.22. The molecule has 0 atom stereocenters. The molecule has 5 nitrogen and oxygen atoms in total. The molecular formula is C19H29N3O2. The van der Waals surface area contributed by atoms with Gasteiger partial charge in [-0.3, -0.25) is 4.99 Å². The molecule has 0 heterocycles. The highest BCUT2D eigenvalue weighted by Gasteiger charge is 1.99. The number of guanidine groups is 1. The Morgan fingerprint density at radius 3 is 2.67 bits per heavy atom. The van der Waals surface area contributed by atoms with Gasteiger partial charge in [0.25, 0.3) is 0 Å². The Labute approximate surface area is 145 Å². The van der Waals surface area contributed by atoms with E-state index in [0.717, 1.165) is 57.4 Å². The number of nitrogens with zero attached hydrogens (tertiary/aromatic N) is 1. The summed E-state index contributed by atoms with van der Waals surface area (Å²) in [7, 11) is 0. The fourth-order valence-electron chi connectivity index (χ4n) is 2.05. The van der Waals surface area contributed by atoms with Crippen molar-refractivity contribution in [1.29, 1.82) is 0 Å². The van der Waals surface area contributed by atoms with E-state index in [-0.39, 0.29) is 0 Å². The first-order valence-corrected chi connectivity index (χ1v) is 8.55. The van der Waals surface area contributed by atoms with Gasteiger partial charge in [-0.05, 0) is 44.4 Å². The number of aliphatic imine (C=N–C) groups is 1. The number of benzene rings is 1. The number of rotatable bonds is 11. The molecule has 0 unspecified atom stereocenters. The molecule has 0 bridgehead atoms. The first-order valence-electron chi connectivity index (χ1n) is 8.55. The summed E-state index contributed by atoms with van der Waals surface area (Å²) >= 11 is 0. The van der Waals surface area contributed by atoms with E-state index in [1.165, 1.54) is 5.56 Å². The maximum absolute atomic E-state index is 5.37. The van der Waals surface area contributed by atoms with Gasteiger partial charge in [0.2, 0.25) is 0 Å². The molecule has 0 aliphatic heterocycles. The number of terminal acetylenes is 1. The van der Waals surface area contributed by atoms with E-state index in [9.17, 15) is 0 Å². The minimum atomic E-state index is 0.298. The molecule has 5 heteroatoms. The van der Waals surface area contributed by atoms with Gasteiger partial charge >= 0.3 is 0 Å². The second kappa shape index (κ2) is 13.3. The van der Waals surface area contributed by atoms with Gasteiger partial charge in [-0.15, -0.1) is 6.42 Å². The first-order chi connectivity index (χ1) is 11.8. The third-order valence-electron chi connectivity index (χ3n) is 3.22. The number of hydrogen-bond donors (Lipinski definition) is 2. The lowest BCUT2D eigenvalue weighted by Gasteiger charge is -2.11. The van der Waals surface area contributed by atoms with E-state index in [0.29, 0.717) is 6.61 Å². The van der Waals surface area contributed by atoms with Crippen molar-refractivity contribution in [2.45, 2.75) is 26.7 Å². The fraction of sp³-hybridized carbons (Fsp3) is 0.526. The summed E-state index contributed by atoms with van der Waals surface area (Å²) in [4.78, 5) is 4.54. The average molecular weight is 331 g/mol. The molecule has 1 aromatic rings. The SMILES string of the molecule is C#CCOc1ccc(CCNC(=NCCCOCC)NCC)cc1. The Kier molecular flexibility index (Phi) is 11.0. The zero-order chi connectivity index (χ0) is 17.5. The zero-order valence-corrected chi connectivity index (χ0v) is 14.8. The van der Waals surface area contributed by atoms with Gasteiger partial charge in [0.1, 0.15) is 12.4 Å². The molecule has 2 N–H and O–H groups in total. The molecule has 24 heavy (non-hydrogen) atoms. The molecule has 0 aromatic heterocycles. The van der Waals surface area contributed by atoms with E-state index in [1.54, 1.807) is 0 Å². The van der Waals surface area contributed by atoms with Crippen LogP contribution in [0.1, 0.15) is 25.8 Å². The van der Waals surface area contributed by atoms with Crippen LogP contribution in [0.3, 0.4) is 0 Å². The van der Waals surface area contributed by atoms with Crippen molar-refractivity contribution in [2.24, 2.45) is 4.99 Å². The van der Waals surface area contributed by atoms with Crippen LogP contribution in [0.25, 0.3) is 0 Å². The predicted molar refractivity (Wildman–Crippen MR) is 99.6 cm³/mol.